The van der Waals surface area contributed by atoms with Gasteiger partial charge in [-0.1, -0.05) is 35.7 Å². The Balaban J connectivity index is 2.06. The Hall–Kier alpha value is -0.860. The molecule has 2 atom stereocenters. The average molecular weight is 261 g/mol. The van der Waals surface area contributed by atoms with Gasteiger partial charge in [-0.25, -0.2) is 0 Å². The van der Waals surface area contributed by atoms with E-state index in [1.807, 2.05) is 6.92 Å². The molecular weight excluding hydrogens is 234 g/mol. The summed E-state index contributed by atoms with van der Waals surface area (Å²) in [5.74, 6) is 0. The summed E-state index contributed by atoms with van der Waals surface area (Å²) < 4.78 is 0. The van der Waals surface area contributed by atoms with Crippen LogP contribution in [0.1, 0.15) is 49.3 Å². The highest BCUT2D eigenvalue weighted by atomic mass is 16.3. The second-order valence-electron chi connectivity index (χ2n) is 6.20. The number of hydrogen-bond acceptors (Lipinski definition) is 2. The lowest BCUT2D eigenvalue weighted by atomic mass is 9.96. The van der Waals surface area contributed by atoms with Crippen molar-refractivity contribution in [2.75, 3.05) is 6.54 Å². The molecule has 1 heterocycles. The summed E-state index contributed by atoms with van der Waals surface area (Å²) in [7, 11) is 0. The first-order valence-corrected chi connectivity index (χ1v) is 7.54. The Kier molecular flexibility index (Phi) is 5.00. The van der Waals surface area contributed by atoms with Gasteiger partial charge in [-0.15, -0.1) is 0 Å². The maximum Gasteiger partial charge on any atom is 0.0527 e. The van der Waals surface area contributed by atoms with E-state index in [2.05, 4.69) is 36.9 Å². The van der Waals surface area contributed by atoms with Crippen LogP contribution in [-0.4, -0.2) is 28.7 Å². The third-order valence-electron chi connectivity index (χ3n) is 4.03. The maximum atomic E-state index is 9.65. The van der Waals surface area contributed by atoms with Crippen molar-refractivity contribution in [1.29, 1.82) is 0 Å². The second-order valence-corrected chi connectivity index (χ2v) is 6.20. The van der Waals surface area contributed by atoms with Crippen LogP contribution in [0.3, 0.4) is 0 Å². The molecule has 0 aliphatic carbocycles. The molecule has 0 spiro atoms. The number of rotatable bonds is 4. The van der Waals surface area contributed by atoms with Crippen LogP contribution in [0.5, 0.6) is 0 Å². The van der Waals surface area contributed by atoms with Gasteiger partial charge in [0.05, 0.1) is 6.10 Å². The van der Waals surface area contributed by atoms with Gasteiger partial charge in [-0.3, -0.25) is 4.90 Å². The summed E-state index contributed by atoms with van der Waals surface area (Å²) in [6, 6.07) is 7.37. The number of piperidine rings is 1. The molecular formula is C17H27NO. The molecule has 0 aromatic heterocycles. The van der Waals surface area contributed by atoms with Gasteiger partial charge in [-0.2, -0.15) is 0 Å². The average Bonchev–Trinajstić information content (AvgIpc) is 2.29. The largest absolute Gasteiger partial charge is 0.393 e. The third-order valence-corrected chi connectivity index (χ3v) is 4.03. The minimum atomic E-state index is -0.190. The zero-order valence-corrected chi connectivity index (χ0v) is 12.5. The van der Waals surface area contributed by atoms with Crippen LogP contribution < -0.4 is 0 Å². The number of likely N-dealkylation sites (tertiary alicyclic amines) is 1. The van der Waals surface area contributed by atoms with Crippen molar-refractivity contribution in [3.8, 4) is 0 Å². The van der Waals surface area contributed by atoms with Crippen LogP contribution in [0.4, 0.5) is 0 Å². The summed E-state index contributed by atoms with van der Waals surface area (Å²) in [5.41, 5.74) is 4.10. The molecule has 0 bridgehead atoms. The maximum absolute atomic E-state index is 9.65. The Morgan fingerprint density at radius 3 is 2.53 bits per heavy atom. The topological polar surface area (TPSA) is 23.5 Å². The number of aryl methyl sites for hydroxylation is 2. The van der Waals surface area contributed by atoms with Gasteiger partial charge >= 0.3 is 0 Å². The van der Waals surface area contributed by atoms with Gasteiger partial charge in [0, 0.05) is 12.6 Å². The fourth-order valence-corrected chi connectivity index (χ4v) is 3.32. The highest BCUT2D eigenvalue weighted by Gasteiger charge is 2.23. The van der Waals surface area contributed by atoms with E-state index in [1.54, 1.807) is 0 Å². The lowest BCUT2D eigenvalue weighted by Gasteiger charge is -2.36. The van der Waals surface area contributed by atoms with E-state index < -0.39 is 0 Å². The Bertz CT molecular complexity index is 393. The van der Waals surface area contributed by atoms with Crippen molar-refractivity contribution in [1.82, 2.24) is 4.90 Å². The monoisotopic (exact) mass is 261 g/mol. The lowest BCUT2D eigenvalue weighted by Crippen LogP contribution is -2.40. The molecule has 2 rings (SSSR count). The Labute approximate surface area is 117 Å². The Morgan fingerprint density at radius 1 is 1.21 bits per heavy atom. The molecule has 2 unspecified atom stereocenters. The van der Waals surface area contributed by atoms with Gasteiger partial charge in [-0.05, 0) is 52.1 Å². The van der Waals surface area contributed by atoms with Gasteiger partial charge in [0.15, 0.2) is 0 Å². The van der Waals surface area contributed by atoms with Crippen molar-refractivity contribution < 1.29 is 5.11 Å². The number of aliphatic hydroxyl groups excluding tert-OH is 1. The SMILES string of the molecule is Cc1cc(C)cc(CN2CCCCC2CC(C)O)c1. The van der Waals surface area contributed by atoms with E-state index in [9.17, 15) is 5.11 Å². The highest BCUT2D eigenvalue weighted by molar-refractivity contribution is 5.28. The van der Waals surface area contributed by atoms with E-state index in [1.165, 1.54) is 42.5 Å². The second kappa shape index (κ2) is 6.53. The van der Waals surface area contributed by atoms with E-state index in [-0.39, 0.29) is 6.10 Å². The van der Waals surface area contributed by atoms with Gasteiger partial charge in [0.1, 0.15) is 0 Å². The molecule has 1 fully saturated rings. The first-order valence-electron chi connectivity index (χ1n) is 7.54. The number of aliphatic hydroxyl groups is 1. The first-order chi connectivity index (χ1) is 9.04. The molecule has 1 saturated heterocycles. The molecule has 2 heteroatoms. The summed E-state index contributed by atoms with van der Waals surface area (Å²) in [4.78, 5) is 2.56. The van der Waals surface area contributed by atoms with Crippen LogP contribution in [0.15, 0.2) is 18.2 Å². The van der Waals surface area contributed by atoms with Crippen LogP contribution in [-0.2, 0) is 6.54 Å². The van der Waals surface area contributed by atoms with Gasteiger partial charge in [0.2, 0.25) is 0 Å². The van der Waals surface area contributed by atoms with Crippen LogP contribution >= 0.6 is 0 Å². The zero-order chi connectivity index (χ0) is 13.8. The fourth-order valence-electron chi connectivity index (χ4n) is 3.32. The van der Waals surface area contributed by atoms with Crippen molar-refractivity contribution >= 4 is 0 Å². The molecule has 0 radical (unpaired) electrons. The van der Waals surface area contributed by atoms with E-state index in [4.69, 9.17) is 0 Å². The minimum absolute atomic E-state index is 0.190. The molecule has 106 valence electrons. The summed E-state index contributed by atoms with van der Waals surface area (Å²) >= 11 is 0. The molecule has 0 amide bonds. The van der Waals surface area contributed by atoms with E-state index >= 15 is 0 Å². The van der Waals surface area contributed by atoms with Gasteiger partial charge in [0.25, 0.3) is 0 Å². The predicted octanol–water partition coefficient (Wildman–Crippen LogP) is 3.43. The van der Waals surface area contributed by atoms with Crippen molar-refractivity contribution in [2.24, 2.45) is 0 Å². The molecule has 1 aliphatic heterocycles. The molecule has 1 N–H and O–H groups in total. The molecule has 1 aliphatic rings. The normalized spacial score (nSPS) is 22.4. The fraction of sp³-hybridized carbons (Fsp3) is 0.647. The smallest absolute Gasteiger partial charge is 0.0527 e. The zero-order valence-electron chi connectivity index (χ0n) is 12.5. The highest BCUT2D eigenvalue weighted by Crippen LogP contribution is 2.23. The van der Waals surface area contributed by atoms with E-state index in [0.717, 1.165) is 13.0 Å². The minimum Gasteiger partial charge on any atom is -0.393 e. The quantitative estimate of drug-likeness (QED) is 0.897. The van der Waals surface area contributed by atoms with E-state index in [0.29, 0.717) is 6.04 Å². The molecule has 1 aromatic rings. The lowest BCUT2D eigenvalue weighted by molar-refractivity contribution is 0.0817. The number of benzene rings is 1. The summed E-state index contributed by atoms with van der Waals surface area (Å²) in [6.45, 7) is 8.44. The predicted molar refractivity (Wildman–Crippen MR) is 80.3 cm³/mol. The third kappa shape index (κ3) is 4.32. The van der Waals surface area contributed by atoms with Crippen LogP contribution in [0.2, 0.25) is 0 Å². The number of hydrogen-bond donors (Lipinski definition) is 1. The Morgan fingerprint density at radius 2 is 1.89 bits per heavy atom. The van der Waals surface area contributed by atoms with Gasteiger partial charge < -0.3 is 5.11 Å². The van der Waals surface area contributed by atoms with Crippen molar-refractivity contribution in [3.05, 3.63) is 34.9 Å². The summed E-state index contributed by atoms with van der Waals surface area (Å²) in [5, 5.41) is 9.65. The summed E-state index contributed by atoms with van der Waals surface area (Å²) in [6.07, 6.45) is 4.55. The molecule has 1 aromatic carbocycles. The molecule has 2 nitrogen and oxygen atoms in total. The van der Waals surface area contributed by atoms with Crippen LogP contribution in [0, 0.1) is 13.8 Å². The van der Waals surface area contributed by atoms with Crippen LogP contribution in [0.25, 0.3) is 0 Å². The number of nitrogens with zero attached hydrogens (tertiary/aromatic N) is 1. The molecule has 0 saturated carbocycles. The van der Waals surface area contributed by atoms with Crippen molar-refractivity contribution in [2.45, 2.75) is 65.1 Å². The molecule has 19 heavy (non-hydrogen) atoms. The first kappa shape index (κ1) is 14.5. The standard InChI is InChI=1S/C17H27NO/c1-13-8-14(2)10-16(9-13)12-18-7-5-4-6-17(18)11-15(3)19/h8-10,15,17,19H,4-7,11-12H2,1-3H3. The van der Waals surface area contributed by atoms with Crippen molar-refractivity contribution in [3.63, 3.8) is 0 Å².